The Balaban J connectivity index is 1.84. The summed E-state index contributed by atoms with van der Waals surface area (Å²) in [5, 5.41) is 7.68. The summed E-state index contributed by atoms with van der Waals surface area (Å²) < 4.78 is 0. The lowest BCUT2D eigenvalue weighted by atomic mass is 10.1. The summed E-state index contributed by atoms with van der Waals surface area (Å²) in [6.07, 6.45) is 3.00. The minimum absolute atomic E-state index is 0.179. The Hall–Kier alpha value is -2.17. The average Bonchev–Trinajstić information content (AvgIpc) is 2.97. The monoisotopic (exact) mass is 214 g/mol. The van der Waals surface area contributed by atoms with Gasteiger partial charge >= 0.3 is 6.03 Å². The van der Waals surface area contributed by atoms with E-state index in [9.17, 15) is 4.79 Å². The van der Waals surface area contributed by atoms with Gasteiger partial charge in [-0.05, 0) is 11.1 Å². The first-order valence-corrected chi connectivity index (χ1v) is 5.07. The highest BCUT2D eigenvalue weighted by atomic mass is 16.2. The van der Waals surface area contributed by atoms with E-state index in [-0.39, 0.29) is 6.03 Å². The van der Waals surface area contributed by atoms with Gasteiger partial charge in [-0.3, -0.25) is 0 Å². The third-order valence-electron chi connectivity index (χ3n) is 2.70. The number of aromatic nitrogens is 3. The zero-order chi connectivity index (χ0) is 11.0. The number of carbonyl (C=O) groups excluding carboxylic acids is 1. The molecule has 0 unspecified atom stereocenters. The highest BCUT2D eigenvalue weighted by Gasteiger charge is 2.24. The van der Waals surface area contributed by atoms with E-state index in [2.05, 4.69) is 10.2 Å². The molecule has 0 bridgehead atoms. The van der Waals surface area contributed by atoms with E-state index in [4.69, 9.17) is 0 Å². The maximum atomic E-state index is 11.9. The molecular weight excluding hydrogens is 204 g/mol. The Bertz CT molecular complexity index is 496. The summed E-state index contributed by atoms with van der Waals surface area (Å²) >= 11 is 0. The van der Waals surface area contributed by atoms with Crippen molar-refractivity contribution in [2.75, 3.05) is 0 Å². The van der Waals surface area contributed by atoms with Crippen molar-refractivity contribution in [3.63, 3.8) is 0 Å². The van der Waals surface area contributed by atoms with Gasteiger partial charge in [0.15, 0.2) is 0 Å². The predicted molar refractivity (Wildman–Crippen MR) is 56.5 cm³/mol. The number of benzene rings is 1. The molecule has 0 saturated carbocycles. The minimum Gasteiger partial charge on any atom is -0.313 e. The van der Waals surface area contributed by atoms with Crippen LogP contribution in [0.5, 0.6) is 0 Å². The zero-order valence-electron chi connectivity index (χ0n) is 8.58. The second-order valence-corrected chi connectivity index (χ2v) is 3.73. The van der Waals surface area contributed by atoms with Crippen LogP contribution < -0.4 is 0 Å². The molecule has 16 heavy (non-hydrogen) atoms. The van der Waals surface area contributed by atoms with Gasteiger partial charge in [-0.15, -0.1) is 0 Å². The molecule has 1 aliphatic rings. The molecule has 1 aromatic heterocycles. The van der Waals surface area contributed by atoms with Crippen molar-refractivity contribution < 1.29 is 4.79 Å². The third kappa shape index (κ3) is 1.37. The van der Waals surface area contributed by atoms with Gasteiger partial charge in [0, 0.05) is 13.1 Å². The largest absolute Gasteiger partial charge is 0.362 e. The van der Waals surface area contributed by atoms with Gasteiger partial charge in [0.25, 0.3) is 0 Å². The molecule has 1 aromatic carbocycles. The molecule has 80 valence electrons. The molecule has 0 saturated heterocycles. The number of fused-ring (bicyclic) bond motifs is 1. The average molecular weight is 214 g/mol. The fourth-order valence-electron chi connectivity index (χ4n) is 1.91. The first-order chi connectivity index (χ1) is 7.84. The van der Waals surface area contributed by atoms with Crippen molar-refractivity contribution in [3.05, 3.63) is 47.8 Å². The number of hydrogen-bond donors (Lipinski definition) is 0. The van der Waals surface area contributed by atoms with E-state index >= 15 is 0 Å². The molecule has 1 aliphatic heterocycles. The summed E-state index contributed by atoms with van der Waals surface area (Å²) in [4.78, 5) is 14.8. The molecule has 5 heteroatoms. The SMILES string of the molecule is O=C(N1Cc2ccccc2C1)n1nccn1. The normalized spacial score (nSPS) is 13.9. The van der Waals surface area contributed by atoms with E-state index < -0.39 is 0 Å². The van der Waals surface area contributed by atoms with Gasteiger partial charge in [0.2, 0.25) is 0 Å². The van der Waals surface area contributed by atoms with Crippen LogP contribution in [0.3, 0.4) is 0 Å². The summed E-state index contributed by atoms with van der Waals surface area (Å²) in [5.74, 6) is 0. The van der Waals surface area contributed by atoms with Crippen molar-refractivity contribution in [2.24, 2.45) is 0 Å². The molecule has 2 heterocycles. The van der Waals surface area contributed by atoms with Crippen molar-refractivity contribution >= 4 is 6.03 Å². The van der Waals surface area contributed by atoms with E-state index in [0.717, 1.165) is 4.80 Å². The lowest BCUT2D eigenvalue weighted by Crippen LogP contribution is -2.31. The van der Waals surface area contributed by atoms with E-state index in [1.54, 1.807) is 4.90 Å². The Morgan fingerprint density at radius 1 is 1.06 bits per heavy atom. The molecule has 1 amide bonds. The van der Waals surface area contributed by atoms with E-state index in [1.807, 2.05) is 24.3 Å². The van der Waals surface area contributed by atoms with Crippen LogP contribution in [0.25, 0.3) is 0 Å². The molecule has 3 rings (SSSR count). The summed E-state index contributed by atoms with van der Waals surface area (Å²) in [6.45, 7) is 1.27. The molecule has 0 atom stereocenters. The van der Waals surface area contributed by atoms with Crippen LogP contribution in [0.4, 0.5) is 4.79 Å². The van der Waals surface area contributed by atoms with Crippen LogP contribution in [0.15, 0.2) is 36.7 Å². The Morgan fingerprint density at radius 2 is 1.62 bits per heavy atom. The number of amides is 1. The summed E-state index contributed by atoms with van der Waals surface area (Å²) in [5.41, 5.74) is 2.39. The van der Waals surface area contributed by atoms with Crippen LogP contribution in [0.1, 0.15) is 11.1 Å². The predicted octanol–water partition coefficient (Wildman–Crippen LogP) is 1.26. The Morgan fingerprint density at radius 3 is 2.19 bits per heavy atom. The number of nitrogens with zero attached hydrogens (tertiary/aromatic N) is 4. The van der Waals surface area contributed by atoms with Gasteiger partial charge in [0.1, 0.15) is 0 Å². The molecule has 5 nitrogen and oxygen atoms in total. The Labute approximate surface area is 92.3 Å². The van der Waals surface area contributed by atoms with Crippen LogP contribution >= 0.6 is 0 Å². The second kappa shape index (κ2) is 3.44. The lowest BCUT2D eigenvalue weighted by Gasteiger charge is -2.13. The maximum Gasteiger partial charge on any atom is 0.362 e. The van der Waals surface area contributed by atoms with Gasteiger partial charge in [-0.2, -0.15) is 10.2 Å². The molecule has 0 fully saturated rings. The summed E-state index contributed by atoms with van der Waals surface area (Å²) in [7, 11) is 0. The third-order valence-corrected chi connectivity index (χ3v) is 2.70. The van der Waals surface area contributed by atoms with Crippen molar-refractivity contribution in [2.45, 2.75) is 13.1 Å². The van der Waals surface area contributed by atoms with Crippen LogP contribution in [-0.4, -0.2) is 25.9 Å². The van der Waals surface area contributed by atoms with Crippen LogP contribution in [0, 0.1) is 0 Å². The maximum absolute atomic E-state index is 11.9. The van der Waals surface area contributed by atoms with Crippen LogP contribution in [0.2, 0.25) is 0 Å². The van der Waals surface area contributed by atoms with Crippen LogP contribution in [-0.2, 0) is 13.1 Å². The quantitative estimate of drug-likeness (QED) is 0.663. The topological polar surface area (TPSA) is 51.0 Å². The first kappa shape index (κ1) is 9.08. The Kier molecular flexibility index (Phi) is 1.96. The summed E-state index contributed by atoms with van der Waals surface area (Å²) in [6, 6.07) is 7.87. The molecule has 0 radical (unpaired) electrons. The second-order valence-electron chi connectivity index (χ2n) is 3.73. The van der Waals surface area contributed by atoms with Gasteiger partial charge in [-0.1, -0.05) is 29.1 Å². The molecule has 0 aliphatic carbocycles. The van der Waals surface area contributed by atoms with E-state index in [1.165, 1.54) is 23.5 Å². The molecular formula is C11H10N4O. The highest BCUT2D eigenvalue weighted by molar-refractivity contribution is 5.75. The van der Waals surface area contributed by atoms with Gasteiger partial charge in [0.05, 0.1) is 12.4 Å². The number of hydrogen-bond acceptors (Lipinski definition) is 3. The lowest BCUT2D eigenvalue weighted by molar-refractivity contribution is 0.193. The smallest absolute Gasteiger partial charge is 0.313 e. The van der Waals surface area contributed by atoms with Crippen molar-refractivity contribution in [1.82, 2.24) is 19.9 Å². The van der Waals surface area contributed by atoms with Gasteiger partial charge in [-0.25, -0.2) is 4.79 Å². The van der Waals surface area contributed by atoms with E-state index in [0.29, 0.717) is 13.1 Å². The minimum atomic E-state index is -0.179. The first-order valence-electron chi connectivity index (χ1n) is 5.07. The van der Waals surface area contributed by atoms with Crippen molar-refractivity contribution in [1.29, 1.82) is 0 Å². The fraction of sp³-hybridized carbons (Fsp3) is 0.182. The van der Waals surface area contributed by atoms with Crippen molar-refractivity contribution in [3.8, 4) is 0 Å². The number of carbonyl (C=O) groups is 1. The zero-order valence-corrected chi connectivity index (χ0v) is 8.58. The standard InChI is InChI=1S/C11H10N4O/c16-11(15-12-5-6-13-15)14-7-9-3-1-2-4-10(9)8-14/h1-6H,7-8H2. The molecule has 0 N–H and O–H groups in total. The van der Waals surface area contributed by atoms with Gasteiger partial charge < -0.3 is 4.90 Å². The highest BCUT2D eigenvalue weighted by Crippen LogP contribution is 2.22. The fourth-order valence-corrected chi connectivity index (χ4v) is 1.91. The number of rotatable bonds is 0. The molecule has 0 spiro atoms. The molecule has 2 aromatic rings.